The maximum atomic E-state index is 13.5. The van der Waals surface area contributed by atoms with Crippen LogP contribution in [0.1, 0.15) is 32.4 Å². The predicted molar refractivity (Wildman–Crippen MR) is 138 cm³/mol. The lowest BCUT2D eigenvalue weighted by Gasteiger charge is -2.25. The average Bonchev–Trinajstić information content (AvgIpc) is 3.53. The summed E-state index contributed by atoms with van der Waals surface area (Å²) in [5.41, 5.74) is 4.75. The molecule has 0 radical (unpaired) electrons. The maximum Gasteiger partial charge on any atom is 0.296 e. The van der Waals surface area contributed by atoms with E-state index in [-0.39, 0.29) is 11.4 Å². The summed E-state index contributed by atoms with van der Waals surface area (Å²) in [6.45, 7) is 4.01. The molecule has 1 amide bonds. The minimum Gasteiger partial charge on any atom is -0.503 e. The van der Waals surface area contributed by atoms with Gasteiger partial charge in [0.05, 0.1) is 26.7 Å². The van der Waals surface area contributed by atoms with Crippen molar-refractivity contribution in [1.82, 2.24) is 4.98 Å². The summed E-state index contributed by atoms with van der Waals surface area (Å²) in [4.78, 5) is 35.5. The van der Waals surface area contributed by atoms with Crippen LogP contribution in [0.3, 0.4) is 0 Å². The number of aliphatic hydroxyl groups excluding tert-OH is 1. The highest BCUT2D eigenvalue weighted by molar-refractivity contribution is 7.22. The SMILES string of the molecule is Cc1cc(C)c2nc(N3C(=O)C(O)=C(C(=O)c4cccs4)C3c3ccc(N(C)C)cc3)sc2c1. The van der Waals surface area contributed by atoms with Gasteiger partial charge in [-0.1, -0.05) is 35.6 Å². The molecule has 0 aliphatic carbocycles. The Morgan fingerprint density at radius 2 is 1.85 bits per heavy atom. The number of ketones is 1. The van der Waals surface area contributed by atoms with E-state index in [1.54, 1.807) is 17.5 Å². The molecule has 5 rings (SSSR count). The van der Waals surface area contributed by atoms with Crippen LogP contribution in [0.25, 0.3) is 10.2 Å². The highest BCUT2D eigenvalue weighted by atomic mass is 32.1. The predicted octanol–water partition coefficient (Wildman–Crippen LogP) is 5.82. The zero-order valence-corrected chi connectivity index (χ0v) is 20.8. The molecule has 1 aliphatic heterocycles. The molecular weight excluding hydrogens is 466 g/mol. The number of Topliss-reactive ketones (excluding diaryl/α,β-unsaturated/α-hetero) is 1. The molecular formula is C26H23N3O3S2. The summed E-state index contributed by atoms with van der Waals surface area (Å²) in [5, 5.41) is 13.2. The van der Waals surface area contributed by atoms with E-state index in [0.717, 1.165) is 32.6 Å². The standard InChI is InChI=1S/C26H23N3O3S2/c1-14-12-15(2)21-19(13-14)34-26(27-21)29-22(16-7-9-17(10-8-16)28(3)4)20(24(31)25(29)32)23(30)18-6-5-11-33-18/h5-13,22,31H,1-4H3. The number of thiophene rings is 1. The molecule has 1 unspecified atom stereocenters. The number of aryl methyl sites for hydroxylation is 2. The summed E-state index contributed by atoms with van der Waals surface area (Å²) in [5.74, 6) is -1.49. The number of aromatic nitrogens is 1. The number of aliphatic hydroxyl groups is 1. The first kappa shape index (κ1) is 22.3. The molecule has 0 bridgehead atoms. The third kappa shape index (κ3) is 3.59. The van der Waals surface area contributed by atoms with Crippen LogP contribution in [0.5, 0.6) is 0 Å². The minimum absolute atomic E-state index is 0.0808. The topological polar surface area (TPSA) is 73.7 Å². The highest BCUT2D eigenvalue weighted by Crippen LogP contribution is 2.45. The summed E-state index contributed by atoms with van der Waals surface area (Å²) in [7, 11) is 3.90. The number of benzene rings is 2. The second-order valence-corrected chi connectivity index (χ2v) is 10.5. The van der Waals surface area contributed by atoms with E-state index in [2.05, 4.69) is 6.07 Å². The Kier molecular flexibility index (Phi) is 5.50. The van der Waals surface area contributed by atoms with Gasteiger partial charge in [0.1, 0.15) is 0 Å². The van der Waals surface area contributed by atoms with Crippen molar-refractivity contribution < 1.29 is 14.7 Å². The second kappa shape index (κ2) is 8.38. The molecule has 4 aromatic rings. The van der Waals surface area contributed by atoms with Crippen molar-refractivity contribution in [1.29, 1.82) is 0 Å². The lowest BCUT2D eigenvalue weighted by atomic mass is 9.95. The van der Waals surface area contributed by atoms with E-state index >= 15 is 0 Å². The lowest BCUT2D eigenvalue weighted by Crippen LogP contribution is -2.31. The van der Waals surface area contributed by atoms with Gasteiger partial charge in [-0.3, -0.25) is 14.5 Å². The Morgan fingerprint density at radius 1 is 1.12 bits per heavy atom. The third-order valence-corrected chi connectivity index (χ3v) is 7.82. The smallest absolute Gasteiger partial charge is 0.296 e. The maximum absolute atomic E-state index is 13.5. The second-order valence-electron chi connectivity index (χ2n) is 8.56. The summed E-state index contributed by atoms with van der Waals surface area (Å²) >= 11 is 2.67. The van der Waals surface area contributed by atoms with Crippen LogP contribution in [0.15, 0.2) is 65.2 Å². The first-order valence-corrected chi connectivity index (χ1v) is 12.5. The molecule has 3 heterocycles. The van der Waals surface area contributed by atoms with Crippen LogP contribution in [0, 0.1) is 13.8 Å². The van der Waals surface area contributed by atoms with Crippen LogP contribution in [-0.4, -0.2) is 35.9 Å². The molecule has 1 aliphatic rings. The van der Waals surface area contributed by atoms with Crippen LogP contribution in [0.4, 0.5) is 10.8 Å². The van der Waals surface area contributed by atoms with Gasteiger partial charge in [-0.15, -0.1) is 11.3 Å². The molecule has 1 atom stereocenters. The van der Waals surface area contributed by atoms with E-state index in [4.69, 9.17) is 4.98 Å². The summed E-state index contributed by atoms with van der Waals surface area (Å²) in [6, 6.07) is 14.5. The van der Waals surface area contributed by atoms with Crippen LogP contribution in [-0.2, 0) is 4.79 Å². The normalized spacial score (nSPS) is 16.1. The molecule has 0 spiro atoms. The van der Waals surface area contributed by atoms with Gasteiger partial charge in [0.15, 0.2) is 10.9 Å². The van der Waals surface area contributed by atoms with E-state index in [9.17, 15) is 14.7 Å². The minimum atomic E-state index is -0.778. The quantitative estimate of drug-likeness (QED) is 0.358. The first-order chi connectivity index (χ1) is 16.3. The van der Waals surface area contributed by atoms with Crippen molar-refractivity contribution in [3.05, 3.63) is 86.8 Å². The van der Waals surface area contributed by atoms with Crippen molar-refractivity contribution in [2.24, 2.45) is 0 Å². The number of rotatable bonds is 5. The van der Waals surface area contributed by atoms with Crippen LogP contribution in [0.2, 0.25) is 0 Å². The Bertz CT molecular complexity index is 1450. The van der Waals surface area contributed by atoms with Crippen LogP contribution >= 0.6 is 22.7 Å². The van der Waals surface area contributed by atoms with Crippen LogP contribution < -0.4 is 9.80 Å². The van der Waals surface area contributed by atoms with Crippen molar-refractivity contribution in [3.63, 3.8) is 0 Å². The number of fused-ring (bicyclic) bond motifs is 1. The van der Waals surface area contributed by atoms with Gasteiger partial charge < -0.3 is 10.0 Å². The monoisotopic (exact) mass is 489 g/mol. The van der Waals surface area contributed by atoms with Gasteiger partial charge in [0, 0.05) is 19.8 Å². The zero-order chi connectivity index (χ0) is 24.1. The fraction of sp³-hybridized carbons (Fsp3) is 0.192. The van der Waals surface area contributed by atoms with E-state index < -0.39 is 17.7 Å². The van der Waals surface area contributed by atoms with Gasteiger partial charge in [-0.25, -0.2) is 4.98 Å². The average molecular weight is 490 g/mol. The largest absolute Gasteiger partial charge is 0.503 e. The Labute approximate surface area is 205 Å². The molecule has 0 fully saturated rings. The number of thiazole rings is 1. The molecule has 6 nitrogen and oxygen atoms in total. The molecule has 34 heavy (non-hydrogen) atoms. The fourth-order valence-electron chi connectivity index (χ4n) is 4.31. The van der Waals surface area contributed by atoms with E-state index in [0.29, 0.717) is 10.0 Å². The molecule has 0 saturated heterocycles. The first-order valence-electron chi connectivity index (χ1n) is 10.8. The summed E-state index contributed by atoms with van der Waals surface area (Å²) < 4.78 is 0.958. The van der Waals surface area contributed by atoms with Crippen molar-refractivity contribution in [2.75, 3.05) is 23.9 Å². The van der Waals surface area contributed by atoms with Gasteiger partial charge in [-0.2, -0.15) is 0 Å². The zero-order valence-electron chi connectivity index (χ0n) is 19.2. The number of nitrogens with zero attached hydrogens (tertiary/aromatic N) is 3. The molecule has 0 saturated carbocycles. The number of carbonyl (C=O) groups excluding carboxylic acids is 2. The number of hydrogen-bond donors (Lipinski definition) is 1. The molecule has 2 aromatic carbocycles. The lowest BCUT2D eigenvalue weighted by molar-refractivity contribution is -0.117. The number of hydrogen-bond acceptors (Lipinski definition) is 7. The van der Waals surface area contributed by atoms with E-state index in [1.807, 2.05) is 63.2 Å². The fourth-order valence-corrected chi connectivity index (χ4v) is 6.15. The number of carbonyl (C=O) groups is 2. The van der Waals surface area contributed by atoms with Gasteiger partial charge in [-0.05, 0) is 60.2 Å². The Morgan fingerprint density at radius 3 is 2.50 bits per heavy atom. The van der Waals surface area contributed by atoms with Crippen molar-refractivity contribution in [3.8, 4) is 0 Å². The van der Waals surface area contributed by atoms with Gasteiger partial charge >= 0.3 is 0 Å². The molecule has 1 N–H and O–H groups in total. The van der Waals surface area contributed by atoms with Gasteiger partial charge in [0.2, 0.25) is 5.78 Å². The Hall–Kier alpha value is -3.49. The Balaban J connectivity index is 1.68. The van der Waals surface area contributed by atoms with Crippen molar-refractivity contribution in [2.45, 2.75) is 19.9 Å². The number of amides is 1. The number of anilines is 2. The third-order valence-electron chi connectivity index (χ3n) is 5.95. The highest BCUT2D eigenvalue weighted by Gasteiger charge is 2.46. The summed E-state index contributed by atoms with van der Waals surface area (Å²) in [6.07, 6.45) is 0. The molecule has 8 heteroatoms. The van der Waals surface area contributed by atoms with Gasteiger partial charge in [0.25, 0.3) is 5.91 Å². The molecule has 2 aromatic heterocycles. The molecule has 172 valence electrons. The van der Waals surface area contributed by atoms with Crippen molar-refractivity contribution >= 4 is 55.4 Å². The van der Waals surface area contributed by atoms with E-state index in [1.165, 1.54) is 27.6 Å².